The van der Waals surface area contributed by atoms with Gasteiger partial charge in [0.05, 0.1) is 25.4 Å². The second-order valence-corrected chi connectivity index (χ2v) is 21.5. The van der Waals surface area contributed by atoms with Gasteiger partial charge >= 0.3 is 0 Å². The number of ether oxygens (including phenoxy) is 3. The molecule has 4 aliphatic carbocycles. The van der Waals surface area contributed by atoms with Crippen molar-refractivity contribution < 1.29 is 14.2 Å². The molecule has 61 heavy (non-hydrogen) atoms. The molecule has 5 nitrogen and oxygen atoms in total. The van der Waals surface area contributed by atoms with Gasteiger partial charge < -0.3 is 18.8 Å². The van der Waals surface area contributed by atoms with E-state index < -0.39 is 0 Å². The van der Waals surface area contributed by atoms with Crippen LogP contribution in [0.25, 0.3) is 0 Å². The van der Waals surface area contributed by atoms with Crippen molar-refractivity contribution in [3.8, 4) is 0 Å². The predicted molar refractivity (Wildman–Crippen MR) is 259 cm³/mol. The maximum atomic E-state index is 6.62. The van der Waals surface area contributed by atoms with Crippen molar-refractivity contribution in [2.45, 2.75) is 228 Å². The van der Waals surface area contributed by atoms with E-state index in [4.69, 9.17) is 14.2 Å². The maximum Gasteiger partial charge on any atom is 0.105 e. The minimum absolute atomic E-state index is 0.0439. The quantitative estimate of drug-likeness (QED) is 0.0552. The number of imidazole rings is 1. The average Bonchev–Trinajstić information content (AvgIpc) is 3.82. The predicted octanol–water partition coefficient (Wildman–Crippen LogP) is 15.6. The van der Waals surface area contributed by atoms with Gasteiger partial charge in [0.2, 0.25) is 0 Å². The molecule has 0 radical (unpaired) electrons. The van der Waals surface area contributed by atoms with Crippen LogP contribution in [-0.4, -0.2) is 48.2 Å². The summed E-state index contributed by atoms with van der Waals surface area (Å²) in [5, 5.41) is 0. The smallest absolute Gasteiger partial charge is 0.105 e. The Hall–Kier alpha value is -1.69. The van der Waals surface area contributed by atoms with Gasteiger partial charge in [-0.25, -0.2) is 4.98 Å². The number of aryl methyl sites for hydroxylation is 1. The molecular weight excluding hydrogens is 749 g/mol. The van der Waals surface area contributed by atoms with E-state index >= 15 is 0 Å². The van der Waals surface area contributed by atoms with Gasteiger partial charge in [0, 0.05) is 32.2 Å². The van der Waals surface area contributed by atoms with Crippen molar-refractivity contribution >= 4 is 0 Å². The molecule has 1 aromatic heterocycles. The summed E-state index contributed by atoms with van der Waals surface area (Å²) < 4.78 is 21.5. The lowest BCUT2D eigenvalue weighted by Gasteiger charge is -2.58. The zero-order valence-electron chi connectivity index (χ0n) is 41.0. The van der Waals surface area contributed by atoms with Crippen molar-refractivity contribution in [3.05, 3.63) is 54.2 Å². The molecule has 1 heterocycles. The first-order valence-corrected chi connectivity index (χ1v) is 26.4. The van der Waals surface area contributed by atoms with Crippen LogP contribution in [0.4, 0.5) is 0 Å². The molecule has 9 atom stereocenters. The van der Waals surface area contributed by atoms with Gasteiger partial charge in [-0.15, -0.1) is 0 Å². The van der Waals surface area contributed by atoms with Gasteiger partial charge in [0.15, 0.2) is 0 Å². The van der Waals surface area contributed by atoms with E-state index in [1.807, 2.05) is 6.20 Å². The van der Waals surface area contributed by atoms with E-state index in [2.05, 4.69) is 94.6 Å². The molecule has 6 unspecified atom stereocenters. The molecule has 0 spiro atoms. The number of allylic oxidation sites excluding steroid dienone is 5. The Kier molecular flexibility index (Phi) is 22.2. The summed E-state index contributed by atoms with van der Waals surface area (Å²) in [7, 11) is 0. The summed E-state index contributed by atoms with van der Waals surface area (Å²) in [6.45, 7) is 21.0. The minimum Gasteiger partial charge on any atom is -0.379 e. The third-order valence-corrected chi connectivity index (χ3v) is 16.6. The second kappa shape index (κ2) is 26.9. The number of rotatable bonds is 31. The number of fused-ring (bicyclic) bond motifs is 5. The molecular formula is C56H96N2O3. The SMILES string of the molecule is CCCCC/C=C\C/C=C\CCCCCCCCOCC(Cn1ccnc1C)OCCCCO[C@H]1CC[C@@]2(C)C(=CCC3C4CCC(C(C)CCCC(C)C)[C@@]4(C)CCC32)C1. The fourth-order valence-corrected chi connectivity index (χ4v) is 12.9. The van der Waals surface area contributed by atoms with E-state index in [1.165, 1.54) is 128 Å². The number of hydrogen-bond acceptors (Lipinski definition) is 4. The first kappa shape index (κ1) is 50.3. The Morgan fingerprint density at radius 3 is 2.28 bits per heavy atom. The molecule has 348 valence electrons. The molecule has 5 rings (SSSR count). The summed E-state index contributed by atoms with van der Waals surface area (Å²) in [5.41, 5.74) is 2.71. The molecule has 0 saturated heterocycles. The Balaban J connectivity index is 0.935. The molecule has 0 N–H and O–H groups in total. The fourth-order valence-electron chi connectivity index (χ4n) is 12.9. The van der Waals surface area contributed by atoms with Crippen LogP contribution in [-0.2, 0) is 20.8 Å². The van der Waals surface area contributed by atoms with Gasteiger partial charge in [-0.05, 0) is 156 Å². The highest BCUT2D eigenvalue weighted by Gasteiger charge is 2.59. The summed E-state index contributed by atoms with van der Waals surface area (Å²) in [6, 6.07) is 0. The highest BCUT2D eigenvalue weighted by Crippen LogP contribution is 2.67. The van der Waals surface area contributed by atoms with Crippen LogP contribution in [0, 0.1) is 53.3 Å². The van der Waals surface area contributed by atoms with Crippen molar-refractivity contribution in [2.24, 2.45) is 46.3 Å². The van der Waals surface area contributed by atoms with Crippen molar-refractivity contribution in [1.29, 1.82) is 0 Å². The lowest BCUT2D eigenvalue weighted by atomic mass is 9.47. The van der Waals surface area contributed by atoms with Gasteiger partial charge in [0.25, 0.3) is 0 Å². The largest absolute Gasteiger partial charge is 0.379 e. The first-order chi connectivity index (χ1) is 29.7. The molecule has 0 aliphatic heterocycles. The van der Waals surface area contributed by atoms with Crippen LogP contribution in [0.1, 0.15) is 208 Å². The Morgan fingerprint density at radius 2 is 1.52 bits per heavy atom. The summed E-state index contributed by atoms with van der Waals surface area (Å²) >= 11 is 0. The molecule has 3 fully saturated rings. The van der Waals surface area contributed by atoms with Crippen LogP contribution in [0.2, 0.25) is 0 Å². The van der Waals surface area contributed by atoms with Crippen LogP contribution in [0.3, 0.4) is 0 Å². The summed E-state index contributed by atoms with van der Waals surface area (Å²) in [4.78, 5) is 4.44. The molecule has 0 aromatic carbocycles. The first-order valence-electron chi connectivity index (χ1n) is 26.4. The lowest BCUT2D eigenvalue weighted by Crippen LogP contribution is -2.51. The second-order valence-electron chi connectivity index (χ2n) is 21.5. The zero-order chi connectivity index (χ0) is 43.3. The average molecular weight is 845 g/mol. The highest BCUT2D eigenvalue weighted by atomic mass is 16.5. The normalized spacial score (nSPS) is 28.7. The van der Waals surface area contributed by atoms with E-state index in [9.17, 15) is 0 Å². The Morgan fingerprint density at radius 1 is 0.787 bits per heavy atom. The van der Waals surface area contributed by atoms with Crippen molar-refractivity contribution in [2.75, 3.05) is 26.4 Å². The van der Waals surface area contributed by atoms with Crippen LogP contribution in [0.15, 0.2) is 48.3 Å². The zero-order valence-corrected chi connectivity index (χ0v) is 41.0. The summed E-state index contributed by atoms with van der Waals surface area (Å²) in [6.07, 6.45) is 49.0. The van der Waals surface area contributed by atoms with Crippen LogP contribution in [0.5, 0.6) is 0 Å². The Labute approximate surface area is 377 Å². The molecule has 3 saturated carbocycles. The molecule has 0 bridgehead atoms. The monoisotopic (exact) mass is 845 g/mol. The van der Waals surface area contributed by atoms with Crippen LogP contribution < -0.4 is 0 Å². The van der Waals surface area contributed by atoms with E-state index in [0.29, 0.717) is 23.5 Å². The van der Waals surface area contributed by atoms with E-state index in [0.717, 1.165) is 99.8 Å². The fraction of sp³-hybridized carbons (Fsp3) is 0.839. The van der Waals surface area contributed by atoms with Gasteiger partial charge in [-0.1, -0.05) is 135 Å². The number of hydrogen-bond donors (Lipinski definition) is 0. The van der Waals surface area contributed by atoms with Gasteiger partial charge in [-0.2, -0.15) is 0 Å². The van der Waals surface area contributed by atoms with Crippen molar-refractivity contribution in [1.82, 2.24) is 9.55 Å². The van der Waals surface area contributed by atoms with Crippen molar-refractivity contribution in [3.63, 3.8) is 0 Å². The minimum atomic E-state index is 0.0439. The highest BCUT2D eigenvalue weighted by molar-refractivity contribution is 5.25. The maximum absolute atomic E-state index is 6.62. The standard InChI is InChI=1S/C56H96N2O3/c1-8-9-10-11-12-13-14-15-16-17-18-19-20-21-22-23-39-59-44-50(43-58-38-37-57-47(58)5)61-41-25-24-40-60-49-33-35-55(6)48(42-49)29-30-51-53-32-31-52(46(4)28-26-27-45(2)3)56(53,7)36-34-54(51)55/h12-13,15-16,29,37-38,45-46,49-54H,8-11,14,17-28,30-36,39-44H2,1-7H3/b13-12-,16-15-/t46?,49-,50?,51?,52?,53?,54?,55-,56+/m0/s1. The lowest BCUT2D eigenvalue weighted by molar-refractivity contribution is -0.0648. The third kappa shape index (κ3) is 15.5. The number of nitrogens with zero attached hydrogens (tertiary/aromatic N) is 2. The van der Waals surface area contributed by atoms with Gasteiger partial charge in [0.1, 0.15) is 5.82 Å². The number of unbranched alkanes of at least 4 members (excludes halogenated alkanes) is 10. The third-order valence-electron chi connectivity index (χ3n) is 16.6. The molecule has 5 heteroatoms. The topological polar surface area (TPSA) is 45.5 Å². The molecule has 0 amide bonds. The number of aromatic nitrogens is 2. The molecule has 4 aliphatic rings. The van der Waals surface area contributed by atoms with Crippen LogP contribution >= 0.6 is 0 Å². The van der Waals surface area contributed by atoms with Gasteiger partial charge in [-0.3, -0.25) is 0 Å². The summed E-state index contributed by atoms with van der Waals surface area (Å²) in [5.74, 6) is 6.42. The van der Waals surface area contributed by atoms with E-state index in [-0.39, 0.29) is 6.10 Å². The molecule has 1 aromatic rings. The Bertz CT molecular complexity index is 1430. The van der Waals surface area contributed by atoms with E-state index in [1.54, 1.807) is 5.57 Å².